The molecule has 0 aromatic rings. The first-order chi connectivity index (χ1) is 19.7. The van der Waals surface area contributed by atoms with Crippen molar-refractivity contribution in [2.45, 2.75) is 124 Å². The Morgan fingerprint density at radius 2 is 1.90 bits per heavy atom. The Morgan fingerprint density at radius 3 is 2.63 bits per heavy atom. The first kappa shape index (κ1) is 32.1. The van der Waals surface area contributed by atoms with Crippen LogP contribution in [0.2, 0.25) is 0 Å². The van der Waals surface area contributed by atoms with Gasteiger partial charge in [-0.05, 0) is 111 Å². The van der Waals surface area contributed by atoms with Crippen LogP contribution in [-0.2, 0) is 9.53 Å². The molecule has 0 heterocycles. The van der Waals surface area contributed by atoms with E-state index in [2.05, 4.69) is 39.0 Å². The van der Waals surface area contributed by atoms with E-state index >= 15 is 0 Å². The second kappa shape index (κ2) is 14.6. The molecule has 8 atom stereocenters. The summed E-state index contributed by atoms with van der Waals surface area (Å²) in [6, 6.07) is 0. The fourth-order valence-electron chi connectivity index (χ4n) is 9.44. The summed E-state index contributed by atoms with van der Waals surface area (Å²) in [5, 5.41) is 24.7. The lowest BCUT2D eigenvalue weighted by molar-refractivity contribution is -0.709. The lowest BCUT2D eigenvalue weighted by Crippen LogP contribution is -2.48. The van der Waals surface area contributed by atoms with E-state index in [1.165, 1.54) is 61.9 Å². The topological polar surface area (TPSA) is 114 Å². The third-order valence-electron chi connectivity index (χ3n) is 11.7. The molecule has 4 rings (SSSR count). The Balaban J connectivity index is 1.30. The maximum absolute atomic E-state index is 12.7. The molecule has 0 bridgehead atoms. The van der Waals surface area contributed by atoms with Crippen molar-refractivity contribution in [3.63, 3.8) is 0 Å². The quantitative estimate of drug-likeness (QED) is 0.0564. The molecule has 0 saturated heterocycles. The third-order valence-corrected chi connectivity index (χ3v) is 11.7. The van der Waals surface area contributed by atoms with Gasteiger partial charge in [0.25, 0.3) is 0 Å². The molecule has 3 saturated carbocycles. The molecule has 234 valence electrons. The summed E-state index contributed by atoms with van der Waals surface area (Å²) in [6.45, 7) is 10.8. The molecule has 4 aliphatic carbocycles. The van der Waals surface area contributed by atoms with Gasteiger partial charge in [0.2, 0.25) is 5.28 Å². The van der Waals surface area contributed by atoms with Crippen LogP contribution in [0.15, 0.2) is 16.9 Å². The number of nitrogens with two attached hydrogens (primary N) is 1. The molecule has 8 heteroatoms. The van der Waals surface area contributed by atoms with E-state index in [-0.39, 0.29) is 35.4 Å². The van der Waals surface area contributed by atoms with Crippen LogP contribution in [0.25, 0.3) is 0 Å². The summed E-state index contributed by atoms with van der Waals surface area (Å²) in [5.41, 5.74) is 7.30. The molecule has 3 N–H and O–H groups in total. The highest BCUT2D eigenvalue weighted by Gasteiger charge is 2.54. The van der Waals surface area contributed by atoms with Crippen LogP contribution < -0.4 is 5.73 Å². The molecular weight excluding hydrogens is 516 g/mol. The second-order valence-corrected chi connectivity index (χ2v) is 14.5. The highest BCUT2D eigenvalue weighted by atomic mass is 16.6. The summed E-state index contributed by atoms with van der Waals surface area (Å²) in [4.78, 5) is 12.9. The fraction of sp³-hybridized carbons (Fsp3) is 0.909. The molecular formula is C33H58N4O4. The van der Waals surface area contributed by atoms with E-state index in [9.17, 15) is 10.0 Å². The molecule has 8 unspecified atom stereocenters. The van der Waals surface area contributed by atoms with Gasteiger partial charge in [-0.1, -0.05) is 58.6 Å². The number of fused-ring (bicyclic) bond motifs is 5. The number of nitrogens with zero attached hydrogens (tertiary/aromatic N) is 3. The monoisotopic (exact) mass is 574 g/mol. The zero-order chi connectivity index (χ0) is 29.6. The number of rotatable bonds is 14. The van der Waals surface area contributed by atoms with Gasteiger partial charge in [0.1, 0.15) is 6.10 Å². The van der Waals surface area contributed by atoms with Gasteiger partial charge in [-0.15, -0.1) is 5.01 Å². The van der Waals surface area contributed by atoms with E-state index in [0.717, 1.165) is 67.1 Å². The second-order valence-electron chi connectivity index (χ2n) is 14.5. The number of carbonyl (C=O) groups is 1. The number of unbranched alkanes of at least 4 members (excludes halogenated alkanes) is 1. The van der Waals surface area contributed by atoms with Gasteiger partial charge in [0.15, 0.2) is 0 Å². The number of esters is 1. The van der Waals surface area contributed by atoms with E-state index in [4.69, 9.17) is 15.7 Å². The Labute approximate surface area is 248 Å². The van der Waals surface area contributed by atoms with Crippen LogP contribution in [0.1, 0.15) is 118 Å². The van der Waals surface area contributed by atoms with Crippen molar-refractivity contribution in [1.29, 1.82) is 0 Å². The Hall–Kier alpha value is -1.83. The number of hydrogen-bond acceptors (Lipinski definition) is 5. The maximum atomic E-state index is 12.7. The number of carbonyl (C=O) groups excluding carboxylic acids is 1. The van der Waals surface area contributed by atoms with Crippen LogP contribution in [0, 0.1) is 52.0 Å². The predicted molar refractivity (Wildman–Crippen MR) is 161 cm³/mol. The van der Waals surface area contributed by atoms with E-state index < -0.39 is 0 Å². The van der Waals surface area contributed by atoms with Crippen LogP contribution in [-0.4, -0.2) is 46.9 Å². The Morgan fingerprint density at radius 1 is 1.12 bits per heavy atom. The van der Waals surface area contributed by atoms with Crippen molar-refractivity contribution in [3.05, 3.63) is 16.9 Å². The van der Waals surface area contributed by atoms with Gasteiger partial charge in [-0.2, -0.15) is 0 Å². The minimum Gasteiger partial charge on any atom is -0.569 e. The number of allylic oxidation sites excluding steroid dienone is 1. The van der Waals surface area contributed by atoms with Crippen LogP contribution >= 0.6 is 0 Å². The minimum atomic E-state index is -0.289. The van der Waals surface area contributed by atoms with Crippen molar-refractivity contribution in [3.8, 4) is 0 Å². The molecule has 0 aromatic heterocycles. The summed E-state index contributed by atoms with van der Waals surface area (Å²) in [6.07, 6.45) is 17.8. The summed E-state index contributed by atoms with van der Waals surface area (Å²) in [7, 11) is 0. The zero-order valence-electron chi connectivity index (χ0n) is 26.3. The minimum absolute atomic E-state index is 0.0890. The molecule has 0 amide bonds. The first-order valence-corrected chi connectivity index (χ1v) is 16.8. The van der Waals surface area contributed by atoms with Crippen molar-refractivity contribution in [2.75, 3.05) is 19.6 Å². The van der Waals surface area contributed by atoms with Gasteiger partial charge in [-0.25, -0.2) is 0 Å². The Bertz CT molecular complexity index is 923. The van der Waals surface area contributed by atoms with Crippen LogP contribution in [0.4, 0.5) is 0 Å². The lowest BCUT2D eigenvalue weighted by Gasteiger charge is -2.55. The molecule has 41 heavy (non-hydrogen) atoms. The number of hydrazine groups is 1. The molecule has 0 radical (unpaired) electrons. The third kappa shape index (κ3) is 7.58. The maximum Gasteiger partial charge on any atom is 0.308 e. The van der Waals surface area contributed by atoms with Crippen molar-refractivity contribution >= 4 is 5.97 Å². The van der Waals surface area contributed by atoms with Gasteiger partial charge < -0.3 is 20.9 Å². The molecule has 0 spiro atoms. The first-order valence-electron chi connectivity index (χ1n) is 16.8. The number of hydrogen-bond donors (Lipinski definition) is 2. The summed E-state index contributed by atoms with van der Waals surface area (Å²) >= 11 is 0. The summed E-state index contributed by atoms with van der Waals surface area (Å²) in [5.74, 6) is 5.74. The smallest absolute Gasteiger partial charge is 0.308 e. The van der Waals surface area contributed by atoms with Gasteiger partial charge in [0, 0.05) is 6.42 Å². The average molecular weight is 575 g/mol. The van der Waals surface area contributed by atoms with E-state index in [0.29, 0.717) is 19.5 Å². The molecule has 0 aromatic carbocycles. The highest BCUT2D eigenvalue weighted by molar-refractivity contribution is 5.69. The SMILES string of the molecule is CC(C)CCCC(C)C1CCC2C1CCC1C2CC=C2CC(OC(=O)CCN(CCCCN)[N+]([O-])=NO)CCC21C. The van der Waals surface area contributed by atoms with E-state index in [1.54, 1.807) is 0 Å². The lowest BCUT2D eigenvalue weighted by atomic mass is 9.50. The normalized spacial score (nSPS) is 33.9. The molecule has 3 fully saturated rings. The van der Waals surface area contributed by atoms with Crippen molar-refractivity contribution in [2.24, 2.45) is 57.9 Å². The largest absolute Gasteiger partial charge is 0.569 e. The Kier molecular flexibility index (Phi) is 11.4. The zero-order valence-corrected chi connectivity index (χ0v) is 26.3. The standard InChI is InChI=1S/C33H58N4O4/c1-23(2)8-7-9-24(3)27-12-13-29-28(27)14-15-31-30(29)11-10-25-22-26(16-18-33(25,31)4)41-32(38)17-21-36(37(40)35-39)20-6-5-19-34/h10,23-24,26-31,39H,5-9,11-22,34H2,1-4H3. The number of ether oxygens (including phenoxy) is 1. The van der Waals surface area contributed by atoms with Crippen LogP contribution in [0.3, 0.4) is 0 Å². The molecule has 8 nitrogen and oxygen atoms in total. The highest BCUT2D eigenvalue weighted by Crippen LogP contribution is 2.63. The van der Waals surface area contributed by atoms with E-state index in [1.807, 2.05) is 0 Å². The van der Waals surface area contributed by atoms with Crippen LogP contribution in [0.5, 0.6) is 0 Å². The van der Waals surface area contributed by atoms with Crippen molar-refractivity contribution < 1.29 is 19.7 Å². The van der Waals surface area contributed by atoms with Crippen molar-refractivity contribution in [1.82, 2.24) is 5.01 Å². The average Bonchev–Trinajstić information content (AvgIpc) is 3.39. The van der Waals surface area contributed by atoms with Gasteiger partial charge >= 0.3 is 5.97 Å². The summed E-state index contributed by atoms with van der Waals surface area (Å²) < 4.78 is 5.93. The molecule has 4 aliphatic rings. The molecule has 0 aliphatic heterocycles. The predicted octanol–water partition coefficient (Wildman–Crippen LogP) is 7.25. The van der Waals surface area contributed by atoms with Gasteiger partial charge in [0.05, 0.1) is 24.5 Å². The fourth-order valence-corrected chi connectivity index (χ4v) is 9.44. The van der Waals surface area contributed by atoms with Gasteiger partial charge in [-0.3, -0.25) is 4.79 Å².